The first-order chi connectivity index (χ1) is 7.49. The normalized spacial score (nSPS) is 27.4. The zero-order valence-corrected chi connectivity index (χ0v) is 10.5. The van der Waals surface area contributed by atoms with Crippen molar-refractivity contribution in [3.05, 3.63) is 6.20 Å². The first-order valence-corrected chi connectivity index (χ1v) is 5.75. The Morgan fingerprint density at radius 3 is 2.25 bits per heavy atom. The van der Waals surface area contributed by atoms with Gasteiger partial charge in [-0.05, 0) is 20.9 Å². The molecule has 5 heteroatoms. The van der Waals surface area contributed by atoms with Crippen LogP contribution in [0.5, 0.6) is 0 Å². The lowest BCUT2D eigenvalue weighted by atomic mass is 10.1. The van der Waals surface area contributed by atoms with Gasteiger partial charge in [0.2, 0.25) is 0 Å². The van der Waals surface area contributed by atoms with Crippen molar-refractivity contribution in [2.24, 2.45) is 7.05 Å². The lowest BCUT2D eigenvalue weighted by Crippen LogP contribution is -2.55. The Bertz CT molecular complexity index is 360. The van der Waals surface area contributed by atoms with E-state index in [1.165, 1.54) is 0 Å². The van der Waals surface area contributed by atoms with E-state index < -0.39 is 0 Å². The molecule has 1 fully saturated rings. The zero-order chi connectivity index (χ0) is 11.9. The zero-order valence-electron chi connectivity index (χ0n) is 10.5. The highest BCUT2D eigenvalue weighted by molar-refractivity contribution is 5.62. The highest BCUT2D eigenvalue weighted by Crippen LogP contribution is 2.24. The van der Waals surface area contributed by atoms with E-state index in [1.807, 2.05) is 13.2 Å². The number of likely N-dealkylation sites (N-methyl/N-ethyl adjacent to an activating group) is 1. The quantitative estimate of drug-likeness (QED) is 0.754. The van der Waals surface area contributed by atoms with E-state index in [4.69, 9.17) is 5.73 Å². The van der Waals surface area contributed by atoms with E-state index >= 15 is 0 Å². The number of nitrogens with zero attached hydrogens (tertiary/aromatic N) is 4. The second-order valence-corrected chi connectivity index (χ2v) is 4.85. The van der Waals surface area contributed by atoms with E-state index in [0.717, 1.165) is 24.6 Å². The fourth-order valence-corrected chi connectivity index (χ4v) is 2.32. The maximum Gasteiger partial charge on any atom is 0.173 e. The minimum Gasteiger partial charge on any atom is -0.394 e. The van der Waals surface area contributed by atoms with Crippen LogP contribution in [-0.4, -0.2) is 46.9 Å². The Kier molecular flexibility index (Phi) is 2.80. The smallest absolute Gasteiger partial charge is 0.173 e. The van der Waals surface area contributed by atoms with Gasteiger partial charge in [-0.25, -0.2) is 0 Å². The second kappa shape index (κ2) is 3.97. The van der Waals surface area contributed by atoms with Crippen molar-refractivity contribution < 1.29 is 0 Å². The van der Waals surface area contributed by atoms with E-state index in [1.54, 1.807) is 4.68 Å². The van der Waals surface area contributed by atoms with E-state index in [-0.39, 0.29) is 0 Å². The molecule has 1 aliphatic heterocycles. The molecule has 0 aromatic carbocycles. The van der Waals surface area contributed by atoms with Gasteiger partial charge in [0.1, 0.15) is 0 Å². The average molecular weight is 223 g/mol. The monoisotopic (exact) mass is 223 g/mol. The third kappa shape index (κ3) is 1.87. The Labute approximate surface area is 96.8 Å². The highest BCUT2D eigenvalue weighted by atomic mass is 15.4. The van der Waals surface area contributed by atoms with Gasteiger partial charge in [0.05, 0.1) is 5.69 Å². The molecule has 5 nitrogen and oxygen atoms in total. The van der Waals surface area contributed by atoms with Gasteiger partial charge in [-0.2, -0.15) is 5.10 Å². The Morgan fingerprint density at radius 2 is 1.81 bits per heavy atom. The van der Waals surface area contributed by atoms with Crippen LogP contribution in [0.15, 0.2) is 6.20 Å². The van der Waals surface area contributed by atoms with Crippen LogP contribution in [0, 0.1) is 0 Å². The predicted molar refractivity (Wildman–Crippen MR) is 66.5 cm³/mol. The van der Waals surface area contributed by atoms with Crippen LogP contribution in [-0.2, 0) is 7.05 Å². The van der Waals surface area contributed by atoms with Crippen molar-refractivity contribution >= 4 is 11.5 Å². The first kappa shape index (κ1) is 11.3. The molecule has 1 saturated heterocycles. The summed E-state index contributed by atoms with van der Waals surface area (Å²) >= 11 is 0. The van der Waals surface area contributed by atoms with Crippen LogP contribution >= 0.6 is 0 Å². The van der Waals surface area contributed by atoms with Crippen molar-refractivity contribution in [3.63, 3.8) is 0 Å². The number of piperazine rings is 1. The number of nitrogen functional groups attached to an aromatic ring is 1. The SMILES string of the molecule is CC1CN(c2nn(C)cc2N)CC(C)N1C. The van der Waals surface area contributed by atoms with Crippen molar-refractivity contribution in [1.82, 2.24) is 14.7 Å². The largest absolute Gasteiger partial charge is 0.394 e. The maximum atomic E-state index is 5.96. The van der Waals surface area contributed by atoms with Crippen LogP contribution in [0.4, 0.5) is 11.5 Å². The van der Waals surface area contributed by atoms with Crippen molar-refractivity contribution in [2.75, 3.05) is 30.8 Å². The molecule has 0 bridgehead atoms. The summed E-state index contributed by atoms with van der Waals surface area (Å²) in [6.07, 6.45) is 1.86. The molecule has 2 atom stereocenters. The third-order valence-corrected chi connectivity index (χ3v) is 3.50. The van der Waals surface area contributed by atoms with E-state index in [0.29, 0.717) is 12.1 Å². The molecule has 0 radical (unpaired) electrons. The number of hydrogen-bond donors (Lipinski definition) is 1. The van der Waals surface area contributed by atoms with Crippen LogP contribution in [0.1, 0.15) is 13.8 Å². The Hall–Kier alpha value is -1.23. The number of aryl methyl sites for hydroxylation is 1. The molecule has 2 heterocycles. The van der Waals surface area contributed by atoms with Gasteiger partial charge in [-0.3, -0.25) is 9.58 Å². The molecule has 0 saturated carbocycles. The molecular weight excluding hydrogens is 202 g/mol. The molecule has 0 amide bonds. The summed E-state index contributed by atoms with van der Waals surface area (Å²) in [5.41, 5.74) is 6.73. The second-order valence-electron chi connectivity index (χ2n) is 4.85. The van der Waals surface area contributed by atoms with Crippen LogP contribution < -0.4 is 10.6 Å². The van der Waals surface area contributed by atoms with Crippen molar-refractivity contribution in [2.45, 2.75) is 25.9 Å². The Morgan fingerprint density at radius 1 is 1.25 bits per heavy atom. The van der Waals surface area contributed by atoms with Gasteiger partial charge in [0.15, 0.2) is 5.82 Å². The summed E-state index contributed by atoms with van der Waals surface area (Å²) in [6, 6.07) is 1.07. The number of rotatable bonds is 1. The van der Waals surface area contributed by atoms with Gasteiger partial charge in [-0.15, -0.1) is 0 Å². The minimum atomic E-state index is 0.533. The standard InChI is InChI=1S/C11H21N5/c1-8-5-16(6-9(2)15(8)4)11-10(12)7-14(3)13-11/h7-9H,5-6,12H2,1-4H3. The summed E-state index contributed by atoms with van der Waals surface area (Å²) in [5.74, 6) is 0.925. The molecule has 1 aliphatic rings. The van der Waals surface area contributed by atoms with Crippen molar-refractivity contribution in [1.29, 1.82) is 0 Å². The third-order valence-electron chi connectivity index (χ3n) is 3.50. The van der Waals surface area contributed by atoms with Gasteiger partial charge in [0, 0.05) is 38.4 Å². The van der Waals surface area contributed by atoms with Crippen LogP contribution in [0.3, 0.4) is 0 Å². The van der Waals surface area contributed by atoms with Gasteiger partial charge in [-0.1, -0.05) is 0 Å². The summed E-state index contributed by atoms with van der Waals surface area (Å²) in [4.78, 5) is 4.68. The summed E-state index contributed by atoms with van der Waals surface area (Å²) in [7, 11) is 4.08. The summed E-state index contributed by atoms with van der Waals surface area (Å²) < 4.78 is 1.78. The molecule has 0 spiro atoms. The first-order valence-electron chi connectivity index (χ1n) is 5.75. The maximum absolute atomic E-state index is 5.96. The van der Waals surface area contributed by atoms with Gasteiger partial charge < -0.3 is 10.6 Å². The molecule has 2 unspecified atom stereocenters. The number of hydrogen-bond acceptors (Lipinski definition) is 4. The van der Waals surface area contributed by atoms with Crippen LogP contribution in [0.25, 0.3) is 0 Å². The minimum absolute atomic E-state index is 0.533. The Balaban J connectivity index is 2.20. The molecular formula is C11H21N5. The van der Waals surface area contributed by atoms with Gasteiger partial charge >= 0.3 is 0 Å². The summed E-state index contributed by atoms with van der Waals surface area (Å²) in [5, 5.41) is 4.43. The van der Waals surface area contributed by atoms with Crippen molar-refractivity contribution in [3.8, 4) is 0 Å². The lowest BCUT2D eigenvalue weighted by Gasteiger charge is -2.42. The molecule has 2 rings (SSSR count). The van der Waals surface area contributed by atoms with Gasteiger partial charge in [0.25, 0.3) is 0 Å². The molecule has 16 heavy (non-hydrogen) atoms. The number of aromatic nitrogens is 2. The molecule has 1 aromatic rings. The fraction of sp³-hybridized carbons (Fsp3) is 0.727. The van der Waals surface area contributed by atoms with E-state index in [9.17, 15) is 0 Å². The molecule has 2 N–H and O–H groups in total. The molecule has 90 valence electrons. The molecule has 0 aliphatic carbocycles. The fourth-order valence-electron chi connectivity index (χ4n) is 2.32. The number of nitrogens with two attached hydrogens (primary N) is 1. The van der Waals surface area contributed by atoms with E-state index in [2.05, 4.69) is 35.8 Å². The van der Waals surface area contributed by atoms with Crippen LogP contribution in [0.2, 0.25) is 0 Å². The molecule has 1 aromatic heterocycles. The highest BCUT2D eigenvalue weighted by Gasteiger charge is 2.28. The lowest BCUT2D eigenvalue weighted by molar-refractivity contribution is 0.169. The topological polar surface area (TPSA) is 50.3 Å². The average Bonchev–Trinajstić information content (AvgIpc) is 2.53. The number of anilines is 2. The predicted octanol–water partition coefficient (Wildman–Crippen LogP) is 0.531. The summed E-state index contributed by atoms with van der Waals surface area (Å²) in [6.45, 7) is 6.45.